The van der Waals surface area contributed by atoms with Crippen molar-refractivity contribution in [3.63, 3.8) is 0 Å². The highest BCUT2D eigenvalue weighted by Crippen LogP contribution is 2.31. The van der Waals surface area contributed by atoms with E-state index in [4.69, 9.17) is 26.3 Å². The first-order valence-electron chi connectivity index (χ1n) is 11.6. The number of hydrogen-bond donors (Lipinski definition) is 3. The third-order valence-electron chi connectivity index (χ3n) is 5.70. The number of carboxylic acid groups (broad SMARTS) is 1. The molecule has 3 rings (SSSR count). The Bertz CT molecular complexity index is 992. The van der Waals surface area contributed by atoms with Crippen LogP contribution in [0.15, 0.2) is 36.4 Å². The summed E-state index contributed by atoms with van der Waals surface area (Å²) in [5.41, 5.74) is 5.60. The number of halogens is 4. The Hall–Kier alpha value is -2.87. The number of aryl methyl sites for hydroxylation is 1. The van der Waals surface area contributed by atoms with Crippen LogP contribution in [0.2, 0.25) is 5.02 Å². The summed E-state index contributed by atoms with van der Waals surface area (Å²) < 4.78 is 37.9. The second-order valence-electron chi connectivity index (χ2n) is 8.29. The normalized spacial score (nSPS) is 13.4. The maximum absolute atomic E-state index is 12.6. The largest absolute Gasteiger partial charge is 0.481 e. The number of carboxylic acids is 1. The van der Waals surface area contributed by atoms with Crippen molar-refractivity contribution in [3.8, 4) is 0 Å². The lowest BCUT2D eigenvalue weighted by Crippen LogP contribution is -2.20. The van der Waals surface area contributed by atoms with Gasteiger partial charge in [0.05, 0.1) is 16.6 Å². The number of anilines is 1. The minimum atomic E-state index is -4.12. The molecule has 0 saturated carbocycles. The van der Waals surface area contributed by atoms with Crippen LogP contribution in [-0.2, 0) is 40.2 Å². The van der Waals surface area contributed by atoms with Gasteiger partial charge in [0.25, 0.3) is 0 Å². The lowest BCUT2D eigenvalue weighted by atomic mass is 9.99. The van der Waals surface area contributed by atoms with E-state index in [1.807, 2.05) is 30.3 Å². The average molecular weight is 529 g/mol. The highest BCUT2D eigenvalue weighted by atomic mass is 35.5. The van der Waals surface area contributed by atoms with Gasteiger partial charge in [0, 0.05) is 13.0 Å². The van der Waals surface area contributed by atoms with Crippen molar-refractivity contribution in [1.29, 1.82) is 0 Å². The Morgan fingerprint density at radius 2 is 1.67 bits per heavy atom. The summed E-state index contributed by atoms with van der Waals surface area (Å²) in [4.78, 5) is 25.6. The van der Waals surface area contributed by atoms with E-state index in [0.717, 1.165) is 47.8 Å². The molecule has 0 aliphatic carbocycles. The van der Waals surface area contributed by atoms with Crippen LogP contribution in [0.3, 0.4) is 0 Å². The van der Waals surface area contributed by atoms with Gasteiger partial charge in [-0.05, 0) is 67.1 Å². The number of alkyl halides is 3. The SMILES string of the molecule is CCC(=O)O.C[C@@H](CCc1ccc(CNc2c(Cl)ccc3c2CCNCC3)cc1)C(F)(F)F.O=C=O. The van der Waals surface area contributed by atoms with Gasteiger partial charge in [-0.25, -0.2) is 0 Å². The van der Waals surface area contributed by atoms with Crippen LogP contribution in [0, 0.1) is 5.92 Å². The van der Waals surface area contributed by atoms with Crippen LogP contribution in [0.5, 0.6) is 0 Å². The molecule has 0 radical (unpaired) electrons. The van der Waals surface area contributed by atoms with Gasteiger partial charge < -0.3 is 15.7 Å². The van der Waals surface area contributed by atoms with E-state index in [2.05, 4.69) is 16.7 Å². The number of aliphatic carboxylic acids is 1. The molecular weight excluding hydrogens is 497 g/mol. The maximum Gasteiger partial charge on any atom is 0.391 e. The Morgan fingerprint density at radius 3 is 2.22 bits per heavy atom. The zero-order valence-electron chi connectivity index (χ0n) is 20.4. The molecule has 0 amide bonds. The van der Waals surface area contributed by atoms with Crippen LogP contribution in [0.1, 0.15) is 48.9 Å². The summed E-state index contributed by atoms with van der Waals surface area (Å²) in [6, 6.07) is 11.8. The van der Waals surface area contributed by atoms with Crippen LogP contribution in [0.4, 0.5) is 18.9 Å². The van der Waals surface area contributed by atoms with E-state index in [9.17, 15) is 18.0 Å². The predicted octanol–water partition coefficient (Wildman–Crippen LogP) is 5.67. The maximum atomic E-state index is 12.6. The Kier molecular flexibility index (Phi) is 13.8. The van der Waals surface area contributed by atoms with Crippen LogP contribution < -0.4 is 10.6 Å². The summed E-state index contributed by atoms with van der Waals surface area (Å²) in [5.74, 6) is -2.02. The number of fused-ring (bicyclic) bond motifs is 1. The standard InChI is InChI=1S/C22H26ClF3N2.C3H6O2.CO2/c1-15(22(24,25)26)2-3-16-4-6-17(7-5-16)14-28-21-19-11-13-27-12-10-18(19)8-9-20(21)23;1-2-3(4)5;2-1-3/h4-9,15,27-28H,2-3,10-14H2,1H3;2H2,1H3,(H,4,5);/t15-;;/m0../s1. The first-order chi connectivity index (χ1) is 17.0. The second kappa shape index (κ2) is 16.0. The molecule has 198 valence electrons. The van der Waals surface area contributed by atoms with Gasteiger partial charge in [-0.15, -0.1) is 0 Å². The zero-order valence-corrected chi connectivity index (χ0v) is 21.1. The Morgan fingerprint density at radius 1 is 1.11 bits per heavy atom. The fraction of sp³-hybridized carbons (Fsp3) is 0.462. The number of carbonyl (C=O) groups is 1. The van der Waals surface area contributed by atoms with E-state index < -0.39 is 18.1 Å². The fourth-order valence-electron chi connectivity index (χ4n) is 3.50. The summed E-state index contributed by atoms with van der Waals surface area (Å²) in [5, 5.41) is 15.3. The van der Waals surface area contributed by atoms with Crippen molar-refractivity contribution < 1.29 is 32.7 Å². The third-order valence-corrected chi connectivity index (χ3v) is 6.02. The van der Waals surface area contributed by atoms with Gasteiger partial charge in [-0.2, -0.15) is 22.8 Å². The Balaban J connectivity index is 0.000000709. The minimum absolute atomic E-state index is 0.112. The quantitative estimate of drug-likeness (QED) is 0.428. The average Bonchev–Trinajstić information content (AvgIpc) is 3.08. The van der Waals surface area contributed by atoms with Crippen molar-refractivity contribution in [2.75, 3.05) is 18.4 Å². The predicted molar refractivity (Wildman–Crippen MR) is 132 cm³/mol. The van der Waals surface area contributed by atoms with Gasteiger partial charge in [-0.1, -0.05) is 55.8 Å². The summed E-state index contributed by atoms with van der Waals surface area (Å²) in [7, 11) is 0. The number of rotatable bonds is 7. The molecule has 36 heavy (non-hydrogen) atoms. The van der Waals surface area contributed by atoms with E-state index >= 15 is 0 Å². The van der Waals surface area contributed by atoms with Crippen molar-refractivity contribution in [3.05, 3.63) is 63.7 Å². The molecule has 2 aromatic carbocycles. The number of carbonyl (C=O) groups excluding carboxylic acids is 2. The lowest BCUT2D eigenvalue weighted by molar-refractivity contribution is -0.191. The molecule has 1 heterocycles. The van der Waals surface area contributed by atoms with Crippen LogP contribution in [-0.4, -0.2) is 36.5 Å². The van der Waals surface area contributed by atoms with Crippen molar-refractivity contribution in [1.82, 2.24) is 5.32 Å². The minimum Gasteiger partial charge on any atom is -0.481 e. The second-order valence-corrected chi connectivity index (χ2v) is 8.70. The van der Waals surface area contributed by atoms with Crippen molar-refractivity contribution in [2.45, 2.75) is 58.7 Å². The molecule has 10 heteroatoms. The molecule has 0 bridgehead atoms. The van der Waals surface area contributed by atoms with Crippen molar-refractivity contribution >= 4 is 29.4 Å². The van der Waals surface area contributed by atoms with Crippen molar-refractivity contribution in [2.24, 2.45) is 5.92 Å². The highest BCUT2D eigenvalue weighted by Gasteiger charge is 2.35. The number of hydrogen-bond acceptors (Lipinski definition) is 5. The summed E-state index contributed by atoms with van der Waals surface area (Å²) in [6.07, 6.45) is -1.17. The summed E-state index contributed by atoms with van der Waals surface area (Å²) >= 11 is 6.44. The first kappa shape index (κ1) is 31.2. The van der Waals surface area contributed by atoms with E-state index in [0.29, 0.717) is 13.0 Å². The topological polar surface area (TPSA) is 95.5 Å². The zero-order chi connectivity index (χ0) is 27.1. The van der Waals surface area contributed by atoms with Gasteiger partial charge in [0.1, 0.15) is 0 Å². The molecule has 1 atom stereocenters. The lowest BCUT2D eigenvalue weighted by Gasteiger charge is -2.17. The van der Waals surface area contributed by atoms with Crippen LogP contribution >= 0.6 is 11.6 Å². The first-order valence-corrected chi connectivity index (χ1v) is 12.0. The van der Waals surface area contributed by atoms with E-state index in [1.54, 1.807) is 6.92 Å². The third kappa shape index (κ3) is 11.2. The molecule has 0 aromatic heterocycles. The number of benzene rings is 2. The molecule has 2 aromatic rings. The van der Waals surface area contributed by atoms with Gasteiger partial charge in [0.2, 0.25) is 0 Å². The molecule has 0 saturated heterocycles. The molecule has 1 aliphatic heterocycles. The fourth-order valence-corrected chi connectivity index (χ4v) is 3.74. The molecule has 0 fully saturated rings. The molecule has 1 aliphatic rings. The Labute approximate surface area is 214 Å². The summed E-state index contributed by atoms with van der Waals surface area (Å²) in [6.45, 7) is 5.38. The molecule has 3 N–H and O–H groups in total. The van der Waals surface area contributed by atoms with Crippen LogP contribution in [0.25, 0.3) is 0 Å². The molecular formula is C26H32ClF3N2O4. The van der Waals surface area contributed by atoms with E-state index in [-0.39, 0.29) is 19.0 Å². The van der Waals surface area contributed by atoms with Gasteiger partial charge in [0.15, 0.2) is 0 Å². The van der Waals surface area contributed by atoms with E-state index in [1.165, 1.54) is 18.1 Å². The molecule has 6 nitrogen and oxygen atoms in total. The monoisotopic (exact) mass is 528 g/mol. The van der Waals surface area contributed by atoms with Gasteiger partial charge >= 0.3 is 18.3 Å². The highest BCUT2D eigenvalue weighted by molar-refractivity contribution is 6.33. The molecule has 0 spiro atoms. The number of nitrogens with one attached hydrogen (secondary N) is 2. The molecule has 0 unspecified atom stereocenters. The van der Waals surface area contributed by atoms with Gasteiger partial charge in [-0.3, -0.25) is 4.79 Å². The smallest absolute Gasteiger partial charge is 0.391 e.